The minimum absolute atomic E-state index is 0.0619. The summed E-state index contributed by atoms with van der Waals surface area (Å²) < 4.78 is 15.7. The molecule has 0 bridgehead atoms. The first kappa shape index (κ1) is 24.9. The number of aromatic amines is 1. The van der Waals surface area contributed by atoms with Crippen molar-refractivity contribution in [2.24, 2.45) is 0 Å². The van der Waals surface area contributed by atoms with Gasteiger partial charge in [-0.15, -0.1) is 0 Å². The number of H-pyrrole nitrogens is 1. The molecule has 1 atom stereocenters. The van der Waals surface area contributed by atoms with E-state index >= 15 is 0 Å². The number of nitrogens with zero attached hydrogens (tertiary/aromatic N) is 4. The van der Waals surface area contributed by atoms with Crippen LogP contribution < -0.4 is 10.1 Å². The number of aromatic hydroxyl groups is 1. The molecule has 1 unspecified atom stereocenters. The molecule has 3 N–H and O–H groups in total. The summed E-state index contributed by atoms with van der Waals surface area (Å²) in [6.07, 6.45) is 2.17. The van der Waals surface area contributed by atoms with Crippen molar-refractivity contribution in [3.05, 3.63) is 72.0 Å². The third-order valence-corrected chi connectivity index (χ3v) is 6.00. The number of hydrogen-bond acceptors (Lipinski definition) is 9. The first-order chi connectivity index (χ1) is 18.5. The minimum atomic E-state index is -0.485. The van der Waals surface area contributed by atoms with Gasteiger partial charge in [-0.1, -0.05) is 11.2 Å². The van der Waals surface area contributed by atoms with E-state index < -0.39 is 6.04 Å². The molecule has 38 heavy (non-hydrogen) atoms. The monoisotopic (exact) mass is 514 g/mol. The Balaban J connectivity index is 1.38. The highest BCUT2D eigenvalue weighted by atomic mass is 16.5. The number of phenols is 1. The Labute approximate surface area is 217 Å². The number of imidazole rings is 1. The van der Waals surface area contributed by atoms with Crippen molar-refractivity contribution in [2.45, 2.75) is 19.4 Å². The Morgan fingerprint density at radius 2 is 2.00 bits per heavy atom. The van der Waals surface area contributed by atoms with Gasteiger partial charge in [-0.05, 0) is 55.0 Å². The summed E-state index contributed by atoms with van der Waals surface area (Å²) >= 11 is 0. The Bertz CT molecular complexity index is 1590. The van der Waals surface area contributed by atoms with Gasteiger partial charge in [0.25, 0.3) is 5.91 Å². The highest BCUT2D eigenvalue weighted by Gasteiger charge is 2.19. The molecule has 0 aliphatic heterocycles. The summed E-state index contributed by atoms with van der Waals surface area (Å²) in [7, 11) is 3.16. The summed E-state index contributed by atoms with van der Waals surface area (Å²) in [5, 5.41) is 17.4. The van der Waals surface area contributed by atoms with Crippen LogP contribution in [0.1, 0.15) is 35.0 Å². The van der Waals surface area contributed by atoms with Crippen LogP contribution in [0.4, 0.5) is 0 Å². The van der Waals surface area contributed by atoms with E-state index in [1.54, 1.807) is 57.7 Å². The Morgan fingerprint density at radius 3 is 2.82 bits per heavy atom. The summed E-state index contributed by atoms with van der Waals surface area (Å²) in [4.78, 5) is 29.3. The van der Waals surface area contributed by atoms with E-state index in [0.717, 1.165) is 11.1 Å². The number of carbonyl (C=O) groups excluding carboxylic acids is 1. The highest BCUT2D eigenvalue weighted by Crippen LogP contribution is 2.35. The molecule has 0 aliphatic rings. The second-order valence-corrected chi connectivity index (χ2v) is 8.60. The molecule has 2 aromatic carbocycles. The fraction of sp³-hybridized carbons (Fsp3) is 0.222. The molecule has 0 saturated carbocycles. The first-order valence-electron chi connectivity index (χ1n) is 11.9. The van der Waals surface area contributed by atoms with Gasteiger partial charge in [0, 0.05) is 30.9 Å². The zero-order valence-corrected chi connectivity index (χ0v) is 21.1. The Kier molecular flexibility index (Phi) is 7.00. The maximum absolute atomic E-state index is 12.9. The molecular formula is C27H26N6O5. The second-order valence-electron chi connectivity index (χ2n) is 8.60. The summed E-state index contributed by atoms with van der Waals surface area (Å²) in [5.41, 5.74) is 3.80. The molecule has 11 nitrogen and oxygen atoms in total. The third kappa shape index (κ3) is 5.04. The van der Waals surface area contributed by atoms with Gasteiger partial charge < -0.3 is 29.4 Å². The maximum Gasteiger partial charge on any atom is 0.251 e. The summed E-state index contributed by atoms with van der Waals surface area (Å²) in [5.74, 6) is 1.52. The molecule has 0 fully saturated rings. The number of amides is 1. The lowest BCUT2D eigenvalue weighted by molar-refractivity contribution is 0.0932. The first-order valence-corrected chi connectivity index (χ1v) is 11.9. The Morgan fingerprint density at radius 1 is 1.13 bits per heavy atom. The number of rotatable bonds is 9. The molecule has 3 aromatic heterocycles. The van der Waals surface area contributed by atoms with Crippen molar-refractivity contribution in [3.8, 4) is 34.1 Å². The van der Waals surface area contributed by atoms with Crippen molar-refractivity contribution >= 4 is 16.9 Å². The van der Waals surface area contributed by atoms with Gasteiger partial charge >= 0.3 is 0 Å². The van der Waals surface area contributed by atoms with E-state index in [1.807, 2.05) is 18.2 Å². The SMILES string of the molecule is COCCc1noc(C(C)NC(=O)c2ccc3[nH]c(-c4cc(-c5cccnc5OC)ccc4O)nc3c2)n1. The van der Waals surface area contributed by atoms with Crippen LogP contribution in [-0.4, -0.2) is 56.9 Å². The number of hydrogen-bond donors (Lipinski definition) is 3. The zero-order valence-electron chi connectivity index (χ0n) is 21.1. The van der Waals surface area contributed by atoms with Crippen molar-refractivity contribution in [1.29, 1.82) is 0 Å². The molecule has 0 aliphatic carbocycles. The molecule has 3 heterocycles. The van der Waals surface area contributed by atoms with Crippen LogP contribution in [0.2, 0.25) is 0 Å². The standard InChI is InChI=1S/C27H26N6O5/c1-15(26-32-23(33-38-26)10-12-36-2)29-25(35)17-6-8-20-21(14-17)31-24(30-20)19-13-16(7-9-22(19)34)18-5-4-11-28-27(18)37-3/h4-9,11,13-15,34H,10,12H2,1-3H3,(H,29,35)(H,30,31). The fourth-order valence-electron chi connectivity index (χ4n) is 4.02. The van der Waals surface area contributed by atoms with Crippen LogP contribution in [0.15, 0.2) is 59.3 Å². The van der Waals surface area contributed by atoms with Crippen LogP contribution in [0.25, 0.3) is 33.5 Å². The van der Waals surface area contributed by atoms with Gasteiger partial charge in [-0.2, -0.15) is 4.98 Å². The summed E-state index contributed by atoms with van der Waals surface area (Å²) in [6, 6.07) is 13.6. The van der Waals surface area contributed by atoms with Gasteiger partial charge in [0.1, 0.15) is 17.6 Å². The largest absolute Gasteiger partial charge is 0.507 e. The number of ether oxygens (including phenoxy) is 2. The maximum atomic E-state index is 12.9. The van der Waals surface area contributed by atoms with Gasteiger partial charge in [-0.3, -0.25) is 4.79 Å². The van der Waals surface area contributed by atoms with Crippen molar-refractivity contribution in [3.63, 3.8) is 0 Å². The van der Waals surface area contributed by atoms with Gasteiger partial charge in [0.05, 0.1) is 30.3 Å². The van der Waals surface area contributed by atoms with E-state index in [0.29, 0.717) is 58.6 Å². The average molecular weight is 515 g/mol. The van der Waals surface area contributed by atoms with Crippen LogP contribution in [0.5, 0.6) is 11.6 Å². The number of aromatic nitrogens is 5. The van der Waals surface area contributed by atoms with E-state index in [1.165, 1.54) is 0 Å². The predicted octanol–water partition coefficient (Wildman–Crippen LogP) is 4.07. The smallest absolute Gasteiger partial charge is 0.251 e. The quantitative estimate of drug-likeness (QED) is 0.265. The van der Waals surface area contributed by atoms with Crippen LogP contribution in [-0.2, 0) is 11.2 Å². The number of carbonyl (C=O) groups is 1. The molecule has 0 spiro atoms. The number of methoxy groups -OCH3 is 2. The molecule has 0 saturated heterocycles. The van der Waals surface area contributed by atoms with Gasteiger partial charge in [-0.25, -0.2) is 9.97 Å². The number of phenolic OH excluding ortho intramolecular Hbond substituents is 1. The molecule has 194 valence electrons. The lowest BCUT2D eigenvalue weighted by Gasteiger charge is -2.09. The van der Waals surface area contributed by atoms with Gasteiger partial charge in [0.15, 0.2) is 5.82 Å². The molecule has 1 amide bonds. The van der Waals surface area contributed by atoms with Crippen molar-refractivity contribution < 1.29 is 23.9 Å². The van der Waals surface area contributed by atoms with Crippen LogP contribution >= 0.6 is 0 Å². The second kappa shape index (κ2) is 10.7. The van der Waals surface area contributed by atoms with Crippen molar-refractivity contribution in [2.75, 3.05) is 20.8 Å². The number of nitrogens with one attached hydrogen (secondary N) is 2. The number of fused-ring (bicyclic) bond motifs is 1. The minimum Gasteiger partial charge on any atom is -0.507 e. The fourth-order valence-corrected chi connectivity index (χ4v) is 4.02. The molecule has 5 aromatic rings. The number of benzene rings is 2. The highest BCUT2D eigenvalue weighted by molar-refractivity contribution is 5.98. The van der Waals surface area contributed by atoms with E-state index in [9.17, 15) is 9.90 Å². The normalized spacial score (nSPS) is 12.0. The zero-order chi connectivity index (χ0) is 26.6. The van der Waals surface area contributed by atoms with E-state index in [4.69, 9.17) is 14.0 Å². The number of pyridine rings is 1. The Hall–Kier alpha value is -4.77. The van der Waals surface area contributed by atoms with Gasteiger partial charge in [0.2, 0.25) is 11.8 Å². The average Bonchev–Trinajstić information content (AvgIpc) is 3.59. The third-order valence-electron chi connectivity index (χ3n) is 6.00. The van der Waals surface area contributed by atoms with E-state index in [2.05, 4.69) is 30.4 Å². The topological polar surface area (TPSA) is 148 Å². The molecule has 0 radical (unpaired) electrons. The van der Waals surface area contributed by atoms with Crippen molar-refractivity contribution in [1.82, 2.24) is 30.4 Å². The molecule has 11 heteroatoms. The summed E-state index contributed by atoms with van der Waals surface area (Å²) in [6.45, 7) is 2.24. The molecule has 5 rings (SSSR count). The lowest BCUT2D eigenvalue weighted by Crippen LogP contribution is -2.26. The van der Waals surface area contributed by atoms with Crippen LogP contribution in [0, 0.1) is 0 Å². The lowest BCUT2D eigenvalue weighted by atomic mass is 10.0. The van der Waals surface area contributed by atoms with Crippen LogP contribution in [0.3, 0.4) is 0 Å². The predicted molar refractivity (Wildman–Crippen MR) is 139 cm³/mol. The van der Waals surface area contributed by atoms with E-state index in [-0.39, 0.29) is 11.7 Å². The molecular weight excluding hydrogens is 488 g/mol.